The molecule has 2 N–H and O–H groups in total. The summed E-state index contributed by atoms with van der Waals surface area (Å²) in [4.78, 5) is 11.2. The number of amides is 1. The number of rotatable bonds is 17. The SMILES string of the molecule is C=CC(=O)NC(CCCCCCCCCCCCCCC)S(=O)(=O)O. The van der Waals surface area contributed by atoms with Gasteiger partial charge in [-0.1, -0.05) is 97.0 Å². The molecule has 0 rings (SSSR count). The first-order valence-electron chi connectivity index (χ1n) is 9.81. The minimum Gasteiger partial charge on any atom is -0.334 e. The van der Waals surface area contributed by atoms with Gasteiger partial charge in [0.25, 0.3) is 10.1 Å². The van der Waals surface area contributed by atoms with Crippen LogP contribution in [0.15, 0.2) is 12.7 Å². The molecule has 0 aliphatic carbocycles. The molecule has 0 aliphatic rings. The van der Waals surface area contributed by atoms with Crippen LogP contribution in [0, 0.1) is 0 Å². The van der Waals surface area contributed by atoms with Gasteiger partial charge in [0.15, 0.2) is 5.37 Å². The molecule has 6 heteroatoms. The van der Waals surface area contributed by atoms with Gasteiger partial charge in [-0.15, -0.1) is 0 Å². The van der Waals surface area contributed by atoms with Crippen molar-refractivity contribution in [2.24, 2.45) is 0 Å². The Morgan fingerprint density at radius 1 is 0.920 bits per heavy atom. The summed E-state index contributed by atoms with van der Waals surface area (Å²) in [6.45, 7) is 5.51. The maximum Gasteiger partial charge on any atom is 0.286 e. The van der Waals surface area contributed by atoms with Crippen LogP contribution < -0.4 is 5.32 Å². The fourth-order valence-electron chi connectivity index (χ4n) is 2.86. The molecule has 0 aromatic carbocycles. The van der Waals surface area contributed by atoms with E-state index in [2.05, 4.69) is 18.8 Å². The molecule has 0 heterocycles. The van der Waals surface area contributed by atoms with Crippen molar-refractivity contribution in [2.75, 3.05) is 0 Å². The van der Waals surface area contributed by atoms with E-state index in [0.717, 1.165) is 25.3 Å². The summed E-state index contributed by atoms with van der Waals surface area (Å²) in [5.41, 5.74) is 0. The van der Waals surface area contributed by atoms with Crippen molar-refractivity contribution in [1.29, 1.82) is 0 Å². The smallest absolute Gasteiger partial charge is 0.286 e. The van der Waals surface area contributed by atoms with Crippen LogP contribution in [0.2, 0.25) is 0 Å². The second-order valence-electron chi connectivity index (χ2n) is 6.75. The molecular weight excluding hydrogens is 338 g/mol. The van der Waals surface area contributed by atoms with Crippen LogP contribution in [0.3, 0.4) is 0 Å². The zero-order valence-corrected chi connectivity index (χ0v) is 16.7. The second kappa shape index (κ2) is 15.4. The van der Waals surface area contributed by atoms with Gasteiger partial charge in [-0.2, -0.15) is 8.42 Å². The lowest BCUT2D eigenvalue weighted by molar-refractivity contribution is -0.116. The average molecular weight is 376 g/mol. The first-order valence-corrected chi connectivity index (χ1v) is 11.3. The Balaban J connectivity index is 3.57. The van der Waals surface area contributed by atoms with Crippen LogP contribution in [0.1, 0.15) is 96.8 Å². The van der Waals surface area contributed by atoms with Gasteiger partial charge in [0.05, 0.1) is 0 Å². The first kappa shape index (κ1) is 24.1. The Morgan fingerprint density at radius 3 is 1.68 bits per heavy atom. The Bertz CT molecular complexity index is 448. The molecule has 0 aromatic heterocycles. The molecule has 0 spiro atoms. The van der Waals surface area contributed by atoms with E-state index in [4.69, 9.17) is 4.55 Å². The fraction of sp³-hybridized carbons (Fsp3) is 0.842. The lowest BCUT2D eigenvalue weighted by atomic mass is 10.0. The van der Waals surface area contributed by atoms with Gasteiger partial charge < -0.3 is 5.32 Å². The fourth-order valence-corrected chi connectivity index (χ4v) is 3.59. The highest BCUT2D eigenvalue weighted by molar-refractivity contribution is 7.86. The number of hydrogen-bond acceptors (Lipinski definition) is 3. The summed E-state index contributed by atoms with van der Waals surface area (Å²) in [6.07, 6.45) is 16.9. The maximum atomic E-state index is 11.2. The van der Waals surface area contributed by atoms with Crippen molar-refractivity contribution in [1.82, 2.24) is 5.32 Å². The lowest BCUT2D eigenvalue weighted by Gasteiger charge is -2.14. The van der Waals surface area contributed by atoms with Crippen molar-refractivity contribution in [2.45, 2.75) is 102 Å². The molecule has 0 bridgehead atoms. The van der Waals surface area contributed by atoms with E-state index in [1.54, 1.807) is 0 Å². The Kier molecular flexibility index (Phi) is 14.8. The summed E-state index contributed by atoms with van der Waals surface area (Å²) in [6, 6.07) is 0. The van der Waals surface area contributed by atoms with E-state index >= 15 is 0 Å². The lowest BCUT2D eigenvalue weighted by Crippen LogP contribution is -2.39. The summed E-state index contributed by atoms with van der Waals surface area (Å²) < 4.78 is 31.6. The maximum absolute atomic E-state index is 11.2. The topological polar surface area (TPSA) is 83.5 Å². The van der Waals surface area contributed by atoms with Crippen LogP contribution >= 0.6 is 0 Å². The molecule has 0 radical (unpaired) electrons. The van der Waals surface area contributed by atoms with E-state index in [0.29, 0.717) is 6.42 Å². The minimum atomic E-state index is -4.27. The van der Waals surface area contributed by atoms with Gasteiger partial charge in [0.2, 0.25) is 5.91 Å². The van der Waals surface area contributed by atoms with Crippen molar-refractivity contribution >= 4 is 16.0 Å². The standard InChI is InChI=1S/C19H37NO4S/c1-3-5-6-7-8-9-10-11-12-13-14-15-16-17-19(25(22,23)24)20-18(21)4-2/h4,19H,2-3,5-17H2,1H3,(H,20,21)(H,22,23,24). The van der Waals surface area contributed by atoms with Crippen LogP contribution in [0.5, 0.6) is 0 Å². The van der Waals surface area contributed by atoms with Gasteiger partial charge in [-0.25, -0.2) is 0 Å². The first-order chi connectivity index (χ1) is 11.9. The van der Waals surface area contributed by atoms with Gasteiger partial charge >= 0.3 is 0 Å². The summed E-state index contributed by atoms with van der Waals surface area (Å²) in [7, 11) is -4.27. The van der Waals surface area contributed by atoms with E-state index in [1.807, 2.05) is 0 Å². The Labute approximate surface area is 154 Å². The average Bonchev–Trinajstić information content (AvgIpc) is 2.56. The molecule has 1 atom stereocenters. The highest BCUT2D eigenvalue weighted by Gasteiger charge is 2.23. The third-order valence-electron chi connectivity index (χ3n) is 4.42. The van der Waals surface area contributed by atoms with Crippen LogP contribution in [-0.4, -0.2) is 24.3 Å². The van der Waals surface area contributed by atoms with Crippen LogP contribution in [-0.2, 0) is 14.9 Å². The van der Waals surface area contributed by atoms with Crippen molar-refractivity contribution in [3.8, 4) is 0 Å². The van der Waals surface area contributed by atoms with Crippen molar-refractivity contribution in [3.63, 3.8) is 0 Å². The van der Waals surface area contributed by atoms with Gasteiger partial charge in [-0.3, -0.25) is 9.35 Å². The largest absolute Gasteiger partial charge is 0.334 e. The zero-order chi connectivity index (χ0) is 19.0. The highest BCUT2D eigenvalue weighted by Crippen LogP contribution is 2.14. The molecule has 1 amide bonds. The summed E-state index contributed by atoms with van der Waals surface area (Å²) >= 11 is 0. The van der Waals surface area contributed by atoms with Gasteiger partial charge in [0, 0.05) is 0 Å². The number of hydrogen-bond donors (Lipinski definition) is 2. The quantitative estimate of drug-likeness (QED) is 0.213. The minimum absolute atomic E-state index is 0.232. The molecule has 0 fully saturated rings. The van der Waals surface area contributed by atoms with Gasteiger partial charge in [0.1, 0.15) is 0 Å². The Morgan fingerprint density at radius 2 is 1.32 bits per heavy atom. The predicted molar refractivity (Wildman–Crippen MR) is 104 cm³/mol. The zero-order valence-electron chi connectivity index (χ0n) is 15.8. The molecule has 0 saturated carbocycles. The van der Waals surface area contributed by atoms with Gasteiger partial charge in [-0.05, 0) is 12.5 Å². The van der Waals surface area contributed by atoms with E-state index in [1.165, 1.54) is 57.8 Å². The number of unbranched alkanes of at least 4 members (excludes halogenated alkanes) is 12. The summed E-state index contributed by atoms with van der Waals surface area (Å²) in [5, 5.41) is 1.02. The normalized spacial score (nSPS) is 12.7. The van der Waals surface area contributed by atoms with Crippen molar-refractivity contribution in [3.05, 3.63) is 12.7 Å². The molecule has 0 aliphatic heterocycles. The molecule has 0 aromatic rings. The summed E-state index contributed by atoms with van der Waals surface area (Å²) in [5.74, 6) is -0.586. The van der Waals surface area contributed by atoms with Crippen LogP contribution in [0.4, 0.5) is 0 Å². The predicted octanol–water partition coefficient (Wildman–Crippen LogP) is 4.98. The number of carbonyl (C=O) groups is 1. The van der Waals surface area contributed by atoms with E-state index in [9.17, 15) is 13.2 Å². The number of carbonyl (C=O) groups excluding carboxylic acids is 1. The van der Waals surface area contributed by atoms with Crippen molar-refractivity contribution < 1.29 is 17.8 Å². The molecule has 25 heavy (non-hydrogen) atoms. The monoisotopic (exact) mass is 375 g/mol. The molecule has 5 nitrogen and oxygen atoms in total. The van der Waals surface area contributed by atoms with Crippen LogP contribution in [0.25, 0.3) is 0 Å². The Hall–Kier alpha value is -0.880. The van der Waals surface area contributed by atoms with E-state index in [-0.39, 0.29) is 6.42 Å². The molecule has 1 unspecified atom stereocenters. The van der Waals surface area contributed by atoms with E-state index < -0.39 is 21.4 Å². The third-order valence-corrected chi connectivity index (χ3v) is 5.49. The highest BCUT2D eigenvalue weighted by atomic mass is 32.2. The number of nitrogens with one attached hydrogen (secondary N) is 1. The molecule has 148 valence electrons. The molecule has 0 saturated heterocycles. The second-order valence-corrected chi connectivity index (χ2v) is 8.35. The third kappa shape index (κ3) is 15.1. The molecular formula is C19H37NO4S.